The molecule has 1 atom stereocenters. The van der Waals surface area contributed by atoms with Crippen LogP contribution in [0.25, 0.3) is 0 Å². The molecular formula is C36H48Br2N8O5. The number of hydrogen-bond donors (Lipinski definition) is 5. The summed E-state index contributed by atoms with van der Waals surface area (Å²) in [5.74, 6) is -0.387. The Hall–Kier alpha value is -3.40. The Kier molecular flexibility index (Phi) is 12.4. The third kappa shape index (κ3) is 8.98. The van der Waals surface area contributed by atoms with Crippen molar-refractivity contribution in [3.8, 4) is 0 Å². The Morgan fingerprint density at radius 2 is 1.55 bits per heavy atom. The first-order valence-corrected chi connectivity index (χ1v) is 19.6. The van der Waals surface area contributed by atoms with E-state index in [1.165, 1.54) is 19.3 Å². The molecule has 2 aromatic carbocycles. The molecule has 15 heteroatoms. The molecule has 0 spiro atoms. The van der Waals surface area contributed by atoms with E-state index >= 15 is 0 Å². The summed E-state index contributed by atoms with van der Waals surface area (Å²) in [4.78, 5) is 61.4. The number of amides is 6. The van der Waals surface area contributed by atoms with Gasteiger partial charge in [-0.2, -0.15) is 0 Å². The second-order valence-electron chi connectivity index (χ2n) is 14.0. The second kappa shape index (κ2) is 17.0. The fraction of sp³-hybridized carbons (Fsp3) is 0.556. The molecule has 6 N–H and O–H groups in total. The van der Waals surface area contributed by atoms with Crippen molar-refractivity contribution in [1.29, 1.82) is 0 Å². The van der Waals surface area contributed by atoms with Crippen LogP contribution >= 0.6 is 31.9 Å². The van der Waals surface area contributed by atoms with Crippen molar-refractivity contribution in [2.75, 3.05) is 63.5 Å². The lowest BCUT2D eigenvalue weighted by Crippen LogP contribution is -2.57. The van der Waals surface area contributed by atoms with Crippen molar-refractivity contribution in [2.45, 2.75) is 76.0 Å². The monoisotopic (exact) mass is 830 g/mol. The second-order valence-corrected chi connectivity index (χ2v) is 15.7. The molecule has 276 valence electrons. The fourth-order valence-electron chi connectivity index (χ4n) is 7.75. The number of halogens is 2. The fourth-order valence-corrected chi connectivity index (χ4v) is 9.03. The maximum absolute atomic E-state index is 14.1. The average Bonchev–Trinajstić information content (AvgIpc) is 3.15. The number of urea groups is 2. The molecule has 13 nitrogen and oxygen atoms in total. The molecule has 6 rings (SSSR count). The highest BCUT2D eigenvalue weighted by Crippen LogP contribution is 2.31. The Bertz CT molecular complexity index is 1580. The van der Waals surface area contributed by atoms with Gasteiger partial charge >= 0.3 is 12.1 Å². The molecule has 51 heavy (non-hydrogen) atoms. The maximum Gasteiger partial charge on any atom is 0.322 e. The number of nitrogen functional groups attached to an aromatic ring is 1. The molecule has 0 radical (unpaired) electrons. The van der Waals surface area contributed by atoms with Crippen LogP contribution in [-0.4, -0.2) is 119 Å². The van der Waals surface area contributed by atoms with Gasteiger partial charge in [0.25, 0.3) is 5.91 Å². The quantitative estimate of drug-likeness (QED) is 0.238. The van der Waals surface area contributed by atoms with Crippen LogP contribution in [-0.2, 0) is 17.8 Å². The molecule has 4 aliphatic heterocycles. The van der Waals surface area contributed by atoms with Crippen molar-refractivity contribution >= 4 is 67.1 Å². The number of benzene rings is 2. The lowest BCUT2D eigenvalue weighted by Gasteiger charge is -2.42. The van der Waals surface area contributed by atoms with Gasteiger partial charge in [0.2, 0.25) is 5.91 Å². The minimum absolute atomic E-state index is 0.0714. The van der Waals surface area contributed by atoms with E-state index in [-0.39, 0.29) is 43.1 Å². The Balaban J connectivity index is 1.07. The first-order chi connectivity index (χ1) is 24.6. The predicted molar refractivity (Wildman–Crippen MR) is 202 cm³/mol. The molecule has 4 heterocycles. The summed E-state index contributed by atoms with van der Waals surface area (Å²) in [5.41, 5.74) is 9.49. The number of nitrogens with two attached hydrogens (primary N) is 1. The van der Waals surface area contributed by atoms with E-state index in [0.29, 0.717) is 75.0 Å². The SMILES string of the molecule is Nc1c(Br)cc(C[C@@H](NC(=O)N2CCC(N3Cc4ccc(C(=O)NCCO)cc4NC3=O)CC2)C(=O)N2CCC(N3CCCCC3)CC2)cc1Br. The minimum Gasteiger partial charge on any atom is -0.397 e. The van der Waals surface area contributed by atoms with E-state index in [1.807, 2.05) is 23.1 Å². The van der Waals surface area contributed by atoms with E-state index in [9.17, 15) is 19.2 Å². The zero-order valence-electron chi connectivity index (χ0n) is 28.8. The van der Waals surface area contributed by atoms with Crippen LogP contribution in [0.5, 0.6) is 0 Å². The van der Waals surface area contributed by atoms with Gasteiger partial charge in [0, 0.05) is 78.0 Å². The Labute approximate surface area is 315 Å². The topological polar surface area (TPSA) is 164 Å². The average molecular weight is 833 g/mol. The zero-order chi connectivity index (χ0) is 36.1. The van der Waals surface area contributed by atoms with Crippen LogP contribution in [0.1, 0.15) is 66.4 Å². The first-order valence-electron chi connectivity index (χ1n) is 18.0. The number of likely N-dealkylation sites (tertiary alicyclic amines) is 3. The summed E-state index contributed by atoms with van der Waals surface area (Å²) in [7, 11) is 0. The number of aliphatic hydroxyl groups is 1. The van der Waals surface area contributed by atoms with E-state index in [0.717, 1.165) is 46.0 Å². The van der Waals surface area contributed by atoms with E-state index in [1.54, 1.807) is 21.9 Å². The smallest absolute Gasteiger partial charge is 0.322 e. The van der Waals surface area contributed by atoms with E-state index < -0.39 is 6.04 Å². The van der Waals surface area contributed by atoms with Crippen molar-refractivity contribution in [2.24, 2.45) is 0 Å². The highest BCUT2D eigenvalue weighted by molar-refractivity contribution is 9.11. The van der Waals surface area contributed by atoms with Crippen LogP contribution in [0, 0.1) is 0 Å². The molecule has 3 fully saturated rings. The van der Waals surface area contributed by atoms with Crippen molar-refractivity contribution in [3.63, 3.8) is 0 Å². The number of nitrogens with zero attached hydrogens (tertiary/aromatic N) is 4. The van der Waals surface area contributed by atoms with Crippen molar-refractivity contribution in [1.82, 2.24) is 30.2 Å². The highest BCUT2D eigenvalue weighted by atomic mass is 79.9. The summed E-state index contributed by atoms with van der Waals surface area (Å²) in [6.45, 7) is 4.90. The molecule has 0 aliphatic carbocycles. The number of carbonyl (C=O) groups excluding carboxylic acids is 4. The van der Waals surface area contributed by atoms with E-state index in [2.05, 4.69) is 52.7 Å². The third-order valence-electron chi connectivity index (χ3n) is 10.7. The Morgan fingerprint density at radius 3 is 2.22 bits per heavy atom. The van der Waals surface area contributed by atoms with Crippen LogP contribution in [0.15, 0.2) is 39.3 Å². The van der Waals surface area contributed by atoms with Gasteiger partial charge < -0.3 is 46.4 Å². The lowest BCUT2D eigenvalue weighted by atomic mass is 9.98. The van der Waals surface area contributed by atoms with Gasteiger partial charge in [-0.1, -0.05) is 12.5 Å². The van der Waals surface area contributed by atoms with Gasteiger partial charge in [-0.25, -0.2) is 9.59 Å². The van der Waals surface area contributed by atoms with Gasteiger partial charge in [0.05, 0.1) is 12.3 Å². The summed E-state index contributed by atoms with van der Waals surface area (Å²) >= 11 is 7.04. The predicted octanol–water partition coefficient (Wildman–Crippen LogP) is 4.13. The van der Waals surface area contributed by atoms with Gasteiger partial charge in [-0.05, 0) is 119 Å². The molecular weight excluding hydrogens is 784 g/mol. The van der Waals surface area contributed by atoms with Crippen LogP contribution < -0.4 is 21.7 Å². The third-order valence-corrected chi connectivity index (χ3v) is 12.0. The minimum atomic E-state index is -0.746. The lowest BCUT2D eigenvalue weighted by molar-refractivity contribution is -0.135. The van der Waals surface area contributed by atoms with Crippen LogP contribution in [0.4, 0.5) is 21.0 Å². The van der Waals surface area contributed by atoms with Crippen molar-refractivity contribution < 1.29 is 24.3 Å². The number of anilines is 2. The molecule has 0 bridgehead atoms. The summed E-state index contributed by atoms with van der Waals surface area (Å²) in [6, 6.07) is 8.16. The first kappa shape index (κ1) is 37.4. The van der Waals surface area contributed by atoms with Gasteiger partial charge in [-0.3, -0.25) is 9.59 Å². The van der Waals surface area contributed by atoms with E-state index in [4.69, 9.17) is 10.8 Å². The van der Waals surface area contributed by atoms with Crippen LogP contribution in [0.3, 0.4) is 0 Å². The number of carbonyl (C=O) groups is 4. The molecule has 0 unspecified atom stereocenters. The van der Waals surface area contributed by atoms with Crippen molar-refractivity contribution in [3.05, 3.63) is 56.0 Å². The van der Waals surface area contributed by atoms with Gasteiger partial charge in [0.1, 0.15) is 6.04 Å². The molecule has 3 saturated heterocycles. The normalized spacial score (nSPS) is 19.7. The molecule has 6 amide bonds. The molecule has 0 aromatic heterocycles. The summed E-state index contributed by atoms with van der Waals surface area (Å²) < 4.78 is 1.45. The standard InChI is InChI=1S/C36H48Br2N8O5/c37-28-18-23(19-29(38)32(28)39)20-31(34(49)44-13-6-26(7-14-44)43-11-2-1-3-12-43)42-35(50)45-15-8-27(9-16-45)46-22-25-5-4-24(33(48)40-10-17-47)21-30(25)41-36(46)51/h4-5,18-19,21,26-27,31,47H,1-3,6-17,20,22,39H2,(H,40,48)(H,41,51)(H,42,50)/t31-/m1/s1. The number of fused-ring (bicyclic) bond motifs is 1. The summed E-state index contributed by atoms with van der Waals surface area (Å²) in [6.07, 6.45) is 7.17. The highest BCUT2D eigenvalue weighted by Gasteiger charge is 2.36. The Morgan fingerprint density at radius 1 is 0.902 bits per heavy atom. The van der Waals surface area contributed by atoms with Crippen LogP contribution in [0.2, 0.25) is 0 Å². The number of hydrogen-bond acceptors (Lipinski definition) is 7. The molecule has 2 aromatic rings. The maximum atomic E-state index is 14.1. The summed E-state index contributed by atoms with van der Waals surface area (Å²) in [5, 5.41) is 17.6. The van der Waals surface area contributed by atoms with Gasteiger partial charge in [0.15, 0.2) is 0 Å². The molecule has 0 saturated carbocycles. The molecule has 4 aliphatic rings. The van der Waals surface area contributed by atoms with Gasteiger partial charge in [-0.15, -0.1) is 0 Å². The number of rotatable bonds is 9. The number of aliphatic hydroxyl groups excluding tert-OH is 1. The largest absolute Gasteiger partial charge is 0.397 e. The number of nitrogens with one attached hydrogen (secondary N) is 3. The number of piperidine rings is 3. The zero-order valence-corrected chi connectivity index (χ0v) is 32.0.